The molecule has 1 aromatic heterocycles. The molecule has 2 atom stereocenters. The normalized spacial score (nSPS) is 20.2. The van der Waals surface area contributed by atoms with E-state index in [0.717, 1.165) is 69.2 Å². The summed E-state index contributed by atoms with van der Waals surface area (Å²) in [4.78, 5) is 38.5. The zero-order valence-electron chi connectivity index (χ0n) is 18.4. The molecule has 0 aromatic carbocycles. The summed E-state index contributed by atoms with van der Waals surface area (Å²) in [6, 6.07) is 0.953. The van der Waals surface area contributed by atoms with Crippen molar-refractivity contribution in [3.63, 3.8) is 0 Å². The molecular formula is C23H34N2O5. The minimum absolute atomic E-state index is 0.00836. The van der Waals surface area contributed by atoms with Crippen LogP contribution in [0.15, 0.2) is 10.9 Å². The molecule has 166 valence electrons. The van der Waals surface area contributed by atoms with Crippen molar-refractivity contribution in [2.45, 2.75) is 83.9 Å². The number of hydrogen-bond acceptors (Lipinski definition) is 5. The predicted molar refractivity (Wildman–Crippen MR) is 114 cm³/mol. The quantitative estimate of drug-likeness (QED) is 0.718. The largest absolute Gasteiger partial charge is 0.467 e. The zero-order chi connectivity index (χ0) is 21.7. The van der Waals surface area contributed by atoms with E-state index in [9.17, 15) is 14.4 Å². The summed E-state index contributed by atoms with van der Waals surface area (Å²) in [7, 11) is 1.30. The molecule has 0 radical (unpaired) electrons. The Morgan fingerprint density at radius 1 is 1.20 bits per heavy atom. The fourth-order valence-electron chi connectivity index (χ4n) is 4.43. The molecule has 1 saturated heterocycles. The van der Waals surface area contributed by atoms with E-state index >= 15 is 0 Å². The van der Waals surface area contributed by atoms with Gasteiger partial charge in [0, 0.05) is 12.3 Å². The van der Waals surface area contributed by atoms with Crippen LogP contribution in [-0.2, 0) is 33.7 Å². The van der Waals surface area contributed by atoms with Crippen LogP contribution in [0.1, 0.15) is 74.0 Å². The van der Waals surface area contributed by atoms with Gasteiger partial charge in [-0.2, -0.15) is 0 Å². The molecule has 1 fully saturated rings. The van der Waals surface area contributed by atoms with Crippen LogP contribution in [0, 0.1) is 5.92 Å². The number of esters is 1. The Bertz CT molecular complexity index is 824. The first kappa shape index (κ1) is 22.5. The first-order valence-electron chi connectivity index (χ1n) is 11.2. The number of aromatic nitrogens is 1. The molecule has 2 heterocycles. The Morgan fingerprint density at radius 3 is 2.57 bits per heavy atom. The molecule has 1 aliphatic carbocycles. The third-order valence-electron chi connectivity index (χ3n) is 6.16. The summed E-state index contributed by atoms with van der Waals surface area (Å²) in [6.45, 7) is 4.86. The number of rotatable bonds is 6. The van der Waals surface area contributed by atoms with Gasteiger partial charge in [-0.1, -0.05) is 26.7 Å². The number of hydrogen-bond donors (Lipinski definition) is 1. The first-order valence-corrected chi connectivity index (χ1v) is 11.2. The van der Waals surface area contributed by atoms with Crippen LogP contribution in [0.3, 0.4) is 0 Å². The number of aryl methyl sites for hydroxylation is 1. The Labute approximate surface area is 178 Å². The molecule has 7 nitrogen and oxygen atoms in total. The van der Waals surface area contributed by atoms with E-state index in [0.29, 0.717) is 6.54 Å². The Balaban J connectivity index is 1.98. The molecule has 1 aromatic rings. The fraction of sp³-hybridized carbons (Fsp3) is 0.696. The first-order chi connectivity index (χ1) is 14.4. The second-order valence-corrected chi connectivity index (χ2v) is 8.71. The molecule has 0 spiro atoms. The molecule has 0 saturated carbocycles. The summed E-state index contributed by atoms with van der Waals surface area (Å²) in [6.07, 6.45) is 8.03. The van der Waals surface area contributed by atoms with Gasteiger partial charge in [-0.05, 0) is 56.1 Å². The van der Waals surface area contributed by atoms with Crippen molar-refractivity contribution in [1.82, 2.24) is 9.88 Å². The average molecular weight is 419 g/mol. The van der Waals surface area contributed by atoms with Gasteiger partial charge in [0.25, 0.3) is 11.5 Å². The molecule has 1 N–H and O–H groups in total. The minimum atomic E-state index is -0.796. The van der Waals surface area contributed by atoms with E-state index in [1.165, 1.54) is 7.11 Å². The minimum Gasteiger partial charge on any atom is -0.467 e. The molecule has 1 unspecified atom stereocenters. The predicted octanol–water partition coefficient (Wildman–Crippen LogP) is 2.61. The van der Waals surface area contributed by atoms with Crippen LogP contribution in [-0.4, -0.2) is 42.3 Å². The molecule has 2 aliphatic rings. The number of pyridine rings is 1. The van der Waals surface area contributed by atoms with Crippen molar-refractivity contribution in [1.29, 1.82) is 0 Å². The maximum absolute atomic E-state index is 13.4. The Hall–Kier alpha value is -2.15. The van der Waals surface area contributed by atoms with Gasteiger partial charge in [-0.15, -0.1) is 0 Å². The maximum atomic E-state index is 13.4. The van der Waals surface area contributed by atoms with Crippen molar-refractivity contribution in [3.05, 3.63) is 33.2 Å². The lowest BCUT2D eigenvalue weighted by Gasteiger charge is -2.24. The van der Waals surface area contributed by atoms with Gasteiger partial charge in [0.2, 0.25) is 0 Å². The number of amides is 1. The van der Waals surface area contributed by atoms with Crippen molar-refractivity contribution in [2.24, 2.45) is 5.92 Å². The van der Waals surface area contributed by atoms with Crippen LogP contribution < -0.4 is 10.9 Å². The summed E-state index contributed by atoms with van der Waals surface area (Å²) in [5, 5.41) is 2.72. The monoisotopic (exact) mass is 418 g/mol. The van der Waals surface area contributed by atoms with Gasteiger partial charge in [-0.3, -0.25) is 9.59 Å². The summed E-state index contributed by atoms with van der Waals surface area (Å²) < 4.78 is 12.4. The highest BCUT2D eigenvalue weighted by molar-refractivity contribution is 5.96. The number of fused-ring (bicyclic) bond motifs is 1. The summed E-state index contributed by atoms with van der Waals surface area (Å²) in [5.74, 6) is -1.18. The van der Waals surface area contributed by atoms with Crippen LogP contribution in [0.25, 0.3) is 0 Å². The van der Waals surface area contributed by atoms with Gasteiger partial charge in [0.1, 0.15) is 11.6 Å². The summed E-state index contributed by atoms with van der Waals surface area (Å²) >= 11 is 0. The molecule has 0 bridgehead atoms. The molecular weight excluding hydrogens is 384 g/mol. The van der Waals surface area contributed by atoms with Crippen molar-refractivity contribution < 1.29 is 19.1 Å². The third kappa shape index (κ3) is 5.12. The Kier molecular flexibility index (Phi) is 7.69. The maximum Gasteiger partial charge on any atom is 0.328 e. The third-order valence-corrected chi connectivity index (χ3v) is 6.16. The van der Waals surface area contributed by atoms with Crippen LogP contribution >= 0.6 is 0 Å². The van der Waals surface area contributed by atoms with E-state index < -0.39 is 17.9 Å². The van der Waals surface area contributed by atoms with Crippen LogP contribution in [0.5, 0.6) is 0 Å². The second kappa shape index (κ2) is 10.2. The van der Waals surface area contributed by atoms with Crippen molar-refractivity contribution in [3.8, 4) is 0 Å². The number of methoxy groups -OCH3 is 1. The van der Waals surface area contributed by atoms with Crippen LogP contribution in [0.2, 0.25) is 0 Å². The number of carbonyl (C=O) groups is 2. The van der Waals surface area contributed by atoms with Crippen molar-refractivity contribution >= 4 is 11.9 Å². The highest BCUT2D eigenvalue weighted by Crippen LogP contribution is 2.22. The average Bonchev–Trinajstić information content (AvgIpc) is 3.21. The van der Waals surface area contributed by atoms with E-state index in [1.807, 2.05) is 13.8 Å². The van der Waals surface area contributed by atoms with Gasteiger partial charge < -0.3 is 19.4 Å². The fourth-order valence-corrected chi connectivity index (χ4v) is 4.43. The SMILES string of the molecule is COC(=O)[C@@H](NC(=O)c1cc2c(n(CC3CCCO3)c1=O)CCCCCC2)C(C)C. The smallest absolute Gasteiger partial charge is 0.328 e. The zero-order valence-corrected chi connectivity index (χ0v) is 18.4. The van der Waals surface area contributed by atoms with E-state index in [2.05, 4.69) is 5.32 Å². The Morgan fingerprint density at radius 2 is 1.93 bits per heavy atom. The number of ether oxygens (including phenoxy) is 2. The standard InChI is InChI=1S/C23H34N2O5/c1-15(2)20(23(28)29-3)24-21(26)18-13-16-9-6-4-5-7-11-19(16)25(22(18)27)14-17-10-8-12-30-17/h13,15,17,20H,4-12,14H2,1-3H3,(H,24,26)/t17?,20-/m0/s1. The van der Waals surface area contributed by atoms with Gasteiger partial charge in [0.15, 0.2) is 0 Å². The molecule has 7 heteroatoms. The van der Waals surface area contributed by atoms with Gasteiger partial charge >= 0.3 is 5.97 Å². The van der Waals surface area contributed by atoms with E-state index in [4.69, 9.17) is 9.47 Å². The number of carbonyl (C=O) groups excluding carboxylic acids is 2. The summed E-state index contributed by atoms with van der Waals surface area (Å²) in [5.41, 5.74) is 1.91. The number of nitrogens with zero attached hydrogens (tertiary/aromatic N) is 1. The lowest BCUT2D eigenvalue weighted by atomic mass is 9.95. The molecule has 1 aliphatic heterocycles. The highest BCUT2D eigenvalue weighted by Gasteiger charge is 2.28. The topological polar surface area (TPSA) is 86.6 Å². The lowest BCUT2D eigenvalue weighted by molar-refractivity contribution is -0.144. The second-order valence-electron chi connectivity index (χ2n) is 8.71. The molecule has 3 rings (SSSR count). The lowest BCUT2D eigenvalue weighted by Crippen LogP contribution is -2.47. The highest BCUT2D eigenvalue weighted by atomic mass is 16.5. The van der Waals surface area contributed by atoms with Gasteiger partial charge in [0.05, 0.1) is 19.8 Å². The van der Waals surface area contributed by atoms with E-state index in [-0.39, 0.29) is 23.1 Å². The molecule has 30 heavy (non-hydrogen) atoms. The molecule has 1 amide bonds. The number of nitrogens with one attached hydrogen (secondary N) is 1. The van der Waals surface area contributed by atoms with Crippen LogP contribution in [0.4, 0.5) is 0 Å². The van der Waals surface area contributed by atoms with Crippen molar-refractivity contribution in [2.75, 3.05) is 13.7 Å². The van der Waals surface area contributed by atoms with Gasteiger partial charge in [-0.25, -0.2) is 4.79 Å². The van der Waals surface area contributed by atoms with E-state index in [1.54, 1.807) is 10.6 Å².